The van der Waals surface area contributed by atoms with E-state index in [2.05, 4.69) is 40.8 Å². The molecule has 0 aliphatic heterocycles. The van der Waals surface area contributed by atoms with E-state index in [9.17, 15) is 0 Å². The summed E-state index contributed by atoms with van der Waals surface area (Å²) in [7, 11) is 4.15. The number of hydrogen-bond acceptors (Lipinski definition) is 4. The number of anilines is 2. The number of nitrogen functional groups attached to an aromatic ring is 1. The van der Waals surface area contributed by atoms with Gasteiger partial charge in [0.1, 0.15) is 11.6 Å². The summed E-state index contributed by atoms with van der Waals surface area (Å²) >= 11 is 0. The Kier molecular flexibility index (Phi) is 4.61. The van der Waals surface area contributed by atoms with Gasteiger partial charge in [-0.05, 0) is 27.4 Å². The van der Waals surface area contributed by atoms with Crippen molar-refractivity contribution in [3.8, 4) is 0 Å². The van der Waals surface area contributed by atoms with Crippen LogP contribution < -0.4 is 10.6 Å². The molecule has 0 aliphatic rings. The molecular formula is C11H23N5. The lowest BCUT2D eigenvalue weighted by atomic mass is 10.4. The van der Waals surface area contributed by atoms with Crippen LogP contribution in [0.5, 0.6) is 0 Å². The van der Waals surface area contributed by atoms with Crippen molar-refractivity contribution in [1.82, 2.24) is 14.9 Å². The van der Waals surface area contributed by atoms with Crippen LogP contribution in [-0.4, -0.2) is 48.6 Å². The molecule has 0 saturated heterocycles. The predicted octanol–water partition coefficient (Wildman–Crippen LogP) is 1.08. The average Bonchev–Trinajstić information content (AvgIpc) is 2.52. The van der Waals surface area contributed by atoms with Gasteiger partial charge < -0.3 is 20.5 Å². The van der Waals surface area contributed by atoms with Gasteiger partial charge in [0.2, 0.25) is 0 Å². The number of rotatable bonds is 6. The maximum Gasteiger partial charge on any atom is 0.171 e. The molecule has 1 heterocycles. The lowest BCUT2D eigenvalue weighted by molar-refractivity contribution is 0.412. The summed E-state index contributed by atoms with van der Waals surface area (Å²) in [4.78, 5) is 11.9. The highest BCUT2D eigenvalue weighted by Gasteiger charge is 2.13. The molecular weight excluding hydrogens is 202 g/mol. The molecule has 16 heavy (non-hydrogen) atoms. The zero-order valence-corrected chi connectivity index (χ0v) is 10.7. The molecule has 3 N–H and O–H groups in total. The molecule has 0 radical (unpaired) electrons. The molecule has 0 amide bonds. The molecule has 0 atom stereocenters. The second-order valence-corrected chi connectivity index (χ2v) is 4.35. The molecule has 0 fully saturated rings. The number of likely N-dealkylation sites (N-methyl/N-ethyl adjacent to an activating group) is 1. The Hall–Kier alpha value is -1.23. The van der Waals surface area contributed by atoms with Crippen LogP contribution >= 0.6 is 0 Å². The van der Waals surface area contributed by atoms with E-state index in [1.54, 1.807) is 0 Å². The lowest BCUT2D eigenvalue weighted by Gasteiger charge is -2.24. The van der Waals surface area contributed by atoms with E-state index in [1.165, 1.54) is 0 Å². The number of aromatic amines is 1. The number of imidazole rings is 1. The van der Waals surface area contributed by atoms with Crippen molar-refractivity contribution in [3.63, 3.8) is 0 Å². The number of nitrogens with zero attached hydrogens (tertiary/aromatic N) is 3. The number of hydrogen-bond donors (Lipinski definition) is 2. The first kappa shape index (κ1) is 12.8. The molecule has 1 aromatic rings. The first-order chi connectivity index (χ1) is 7.54. The molecule has 0 aromatic carbocycles. The summed E-state index contributed by atoms with van der Waals surface area (Å²) in [6.07, 6.45) is 1.10. The third kappa shape index (κ3) is 3.41. The molecule has 1 aromatic heterocycles. The highest BCUT2D eigenvalue weighted by Crippen LogP contribution is 2.19. The number of aryl methyl sites for hydroxylation is 1. The predicted molar refractivity (Wildman–Crippen MR) is 68.8 cm³/mol. The van der Waals surface area contributed by atoms with Crippen molar-refractivity contribution in [1.29, 1.82) is 0 Å². The number of nitrogens with two attached hydrogens (primary N) is 1. The normalized spacial score (nSPS) is 11.1. The highest BCUT2D eigenvalue weighted by atomic mass is 15.2. The quantitative estimate of drug-likeness (QED) is 0.760. The van der Waals surface area contributed by atoms with Crippen LogP contribution in [0.4, 0.5) is 11.6 Å². The van der Waals surface area contributed by atoms with Crippen LogP contribution in [0.25, 0.3) is 0 Å². The summed E-state index contributed by atoms with van der Waals surface area (Å²) < 4.78 is 0. The monoisotopic (exact) mass is 225 g/mol. The lowest BCUT2D eigenvalue weighted by Crippen LogP contribution is -2.33. The maximum absolute atomic E-state index is 5.91. The van der Waals surface area contributed by atoms with Gasteiger partial charge in [0.05, 0.1) is 0 Å². The number of nitrogens with one attached hydrogen (secondary N) is 1. The van der Waals surface area contributed by atoms with Crippen LogP contribution in [0.15, 0.2) is 0 Å². The zero-order valence-electron chi connectivity index (χ0n) is 10.7. The molecule has 5 heteroatoms. The number of aromatic nitrogens is 2. The molecule has 0 aliphatic carbocycles. The molecule has 0 unspecified atom stereocenters. The Bertz CT molecular complexity index is 318. The van der Waals surface area contributed by atoms with Crippen LogP contribution in [0.1, 0.15) is 19.2 Å². The minimum absolute atomic E-state index is 0.671. The van der Waals surface area contributed by atoms with Gasteiger partial charge in [-0.2, -0.15) is 0 Å². The smallest absolute Gasteiger partial charge is 0.171 e. The van der Waals surface area contributed by atoms with Crippen molar-refractivity contribution in [2.75, 3.05) is 44.4 Å². The SMILES string of the molecule is CCCN(CCN(C)C)c1nc(C)[nH]c1N. The van der Waals surface area contributed by atoms with E-state index >= 15 is 0 Å². The fraction of sp³-hybridized carbons (Fsp3) is 0.727. The summed E-state index contributed by atoms with van der Waals surface area (Å²) in [5.74, 6) is 2.43. The van der Waals surface area contributed by atoms with Gasteiger partial charge in [0.15, 0.2) is 5.82 Å². The summed E-state index contributed by atoms with van der Waals surface area (Å²) in [5, 5.41) is 0. The van der Waals surface area contributed by atoms with Crippen molar-refractivity contribution in [2.24, 2.45) is 0 Å². The van der Waals surface area contributed by atoms with Gasteiger partial charge in [0, 0.05) is 19.6 Å². The van der Waals surface area contributed by atoms with E-state index in [1.807, 2.05) is 6.92 Å². The van der Waals surface area contributed by atoms with Gasteiger partial charge in [-0.15, -0.1) is 0 Å². The van der Waals surface area contributed by atoms with Gasteiger partial charge >= 0.3 is 0 Å². The van der Waals surface area contributed by atoms with Crippen LogP contribution in [0.2, 0.25) is 0 Å². The third-order valence-corrected chi connectivity index (χ3v) is 2.44. The molecule has 92 valence electrons. The van der Waals surface area contributed by atoms with Crippen molar-refractivity contribution >= 4 is 11.6 Å². The Labute approximate surface area is 97.6 Å². The molecule has 0 spiro atoms. The van der Waals surface area contributed by atoms with Crippen LogP contribution in [-0.2, 0) is 0 Å². The maximum atomic E-state index is 5.91. The number of H-pyrrole nitrogens is 1. The van der Waals surface area contributed by atoms with E-state index in [0.29, 0.717) is 5.82 Å². The second kappa shape index (κ2) is 5.75. The van der Waals surface area contributed by atoms with Gasteiger partial charge in [-0.1, -0.05) is 6.92 Å². The van der Waals surface area contributed by atoms with E-state index < -0.39 is 0 Å². The van der Waals surface area contributed by atoms with Crippen molar-refractivity contribution < 1.29 is 0 Å². The molecule has 0 saturated carbocycles. The minimum atomic E-state index is 0.671. The van der Waals surface area contributed by atoms with E-state index in [4.69, 9.17) is 5.73 Å². The van der Waals surface area contributed by atoms with Crippen molar-refractivity contribution in [3.05, 3.63) is 5.82 Å². The molecule has 0 bridgehead atoms. The van der Waals surface area contributed by atoms with Gasteiger partial charge in [0.25, 0.3) is 0 Å². The van der Waals surface area contributed by atoms with E-state index in [0.717, 1.165) is 37.7 Å². The minimum Gasteiger partial charge on any atom is -0.382 e. The summed E-state index contributed by atoms with van der Waals surface area (Å²) in [6, 6.07) is 0. The topological polar surface area (TPSA) is 61.2 Å². The van der Waals surface area contributed by atoms with E-state index in [-0.39, 0.29) is 0 Å². The largest absolute Gasteiger partial charge is 0.382 e. The zero-order chi connectivity index (χ0) is 12.1. The molecule has 5 nitrogen and oxygen atoms in total. The second-order valence-electron chi connectivity index (χ2n) is 4.35. The average molecular weight is 225 g/mol. The Morgan fingerprint density at radius 3 is 2.38 bits per heavy atom. The first-order valence-electron chi connectivity index (χ1n) is 5.76. The summed E-state index contributed by atoms with van der Waals surface area (Å²) in [6.45, 7) is 7.04. The Morgan fingerprint density at radius 1 is 1.25 bits per heavy atom. The first-order valence-corrected chi connectivity index (χ1v) is 5.76. The highest BCUT2D eigenvalue weighted by molar-refractivity contribution is 5.58. The van der Waals surface area contributed by atoms with Gasteiger partial charge in [-0.25, -0.2) is 4.98 Å². The third-order valence-electron chi connectivity index (χ3n) is 2.44. The molecule has 1 rings (SSSR count). The van der Waals surface area contributed by atoms with Crippen molar-refractivity contribution in [2.45, 2.75) is 20.3 Å². The Balaban J connectivity index is 2.72. The fourth-order valence-electron chi connectivity index (χ4n) is 1.65. The standard InChI is InChI=1S/C11H23N5/c1-5-6-16(8-7-15(3)4)11-10(12)13-9(2)14-11/h5-8,12H2,1-4H3,(H,13,14). The van der Waals surface area contributed by atoms with Crippen LogP contribution in [0.3, 0.4) is 0 Å². The fourth-order valence-corrected chi connectivity index (χ4v) is 1.65. The van der Waals surface area contributed by atoms with Gasteiger partial charge in [-0.3, -0.25) is 0 Å². The van der Waals surface area contributed by atoms with Crippen LogP contribution in [0, 0.1) is 6.92 Å². The summed E-state index contributed by atoms with van der Waals surface area (Å²) in [5.41, 5.74) is 5.91. The Morgan fingerprint density at radius 2 is 1.94 bits per heavy atom.